The summed E-state index contributed by atoms with van der Waals surface area (Å²) in [5, 5.41) is 0. The van der Waals surface area contributed by atoms with Gasteiger partial charge in [-0.05, 0) is 36.5 Å². The molecule has 0 saturated carbocycles. The number of hydrogen-bond acceptors (Lipinski definition) is 4. The molecule has 0 fully saturated rings. The lowest BCUT2D eigenvalue weighted by atomic mass is 10.1. The quantitative estimate of drug-likeness (QED) is 0.244. The van der Waals surface area contributed by atoms with E-state index in [9.17, 15) is 13.2 Å². The largest absolute Gasteiger partial charge is 0.466 e. The molecule has 2 rings (SSSR count). The Hall–Kier alpha value is -2.44. The second-order valence-corrected chi connectivity index (χ2v) is 9.53. The van der Waals surface area contributed by atoms with E-state index in [2.05, 4.69) is 6.08 Å². The molecule has 0 N–H and O–H groups in total. The number of rotatable bonds is 13. The van der Waals surface area contributed by atoms with Crippen LogP contribution in [0.2, 0.25) is 0 Å². The number of benzene rings is 2. The zero-order chi connectivity index (χ0) is 22.5. The van der Waals surface area contributed by atoms with Crippen molar-refractivity contribution in [3.63, 3.8) is 0 Å². The average molecular weight is 444 g/mol. The maximum Gasteiger partial charge on any atom is 0.305 e. The molecule has 0 radical (unpaired) electrons. The third kappa shape index (κ3) is 9.94. The van der Waals surface area contributed by atoms with Crippen molar-refractivity contribution in [2.75, 3.05) is 19.4 Å². The molecular weight excluding hydrogens is 410 g/mol. The second-order valence-electron chi connectivity index (χ2n) is 7.55. The number of hydrogen-bond donors (Lipinski definition) is 0. The Balaban J connectivity index is 1.82. The van der Waals surface area contributed by atoms with Crippen LogP contribution in [0, 0.1) is 0 Å². The van der Waals surface area contributed by atoms with Gasteiger partial charge in [-0.3, -0.25) is 4.79 Å². The Morgan fingerprint density at radius 3 is 2.13 bits per heavy atom. The van der Waals surface area contributed by atoms with Gasteiger partial charge in [0.2, 0.25) is 10.0 Å². The van der Waals surface area contributed by atoms with E-state index in [1.165, 1.54) is 10.6 Å². The van der Waals surface area contributed by atoms with E-state index in [4.69, 9.17) is 4.74 Å². The highest BCUT2D eigenvalue weighted by Crippen LogP contribution is 2.14. The van der Waals surface area contributed by atoms with Crippen molar-refractivity contribution in [1.29, 1.82) is 0 Å². The first-order valence-electron chi connectivity index (χ1n) is 10.8. The van der Waals surface area contributed by atoms with E-state index in [0.29, 0.717) is 26.1 Å². The van der Waals surface area contributed by atoms with Gasteiger partial charge in [-0.25, -0.2) is 8.42 Å². The van der Waals surface area contributed by atoms with Gasteiger partial charge >= 0.3 is 5.97 Å². The third-order valence-electron chi connectivity index (χ3n) is 4.92. The van der Waals surface area contributed by atoms with Gasteiger partial charge in [0.05, 0.1) is 12.9 Å². The van der Waals surface area contributed by atoms with Gasteiger partial charge in [-0.15, -0.1) is 0 Å². The first-order chi connectivity index (χ1) is 14.9. The van der Waals surface area contributed by atoms with Gasteiger partial charge in [0, 0.05) is 19.5 Å². The predicted octanol–water partition coefficient (Wildman–Crippen LogP) is 5.13. The minimum Gasteiger partial charge on any atom is -0.466 e. The van der Waals surface area contributed by atoms with Crippen LogP contribution < -0.4 is 0 Å². The number of nitrogens with zero attached hydrogens (tertiary/aromatic N) is 1. The van der Waals surface area contributed by atoms with Crippen LogP contribution in [0.25, 0.3) is 12.2 Å². The molecule has 5 nitrogen and oxygen atoms in total. The van der Waals surface area contributed by atoms with E-state index < -0.39 is 10.0 Å². The van der Waals surface area contributed by atoms with E-state index in [-0.39, 0.29) is 5.97 Å². The summed E-state index contributed by atoms with van der Waals surface area (Å²) in [5.41, 5.74) is 3.17. The minimum absolute atomic E-state index is 0.165. The van der Waals surface area contributed by atoms with Gasteiger partial charge in [0.15, 0.2) is 0 Å². The number of unbranched alkanes of at least 4 members (excludes halogenated alkanes) is 3. The van der Waals surface area contributed by atoms with E-state index in [1.807, 2.05) is 60.7 Å². The standard InChI is InChI=1S/C25H33NO4S/c1-3-30-25(27)13-9-4-5-10-20-26(31(2,28)29)21-24-18-16-23(17-19-24)15-14-22-11-7-6-8-12-22/h6-8,11-12,14-19H,3-5,9-10,13,20-21H2,1-2H3/b15-14+. The topological polar surface area (TPSA) is 63.7 Å². The molecule has 0 aromatic heterocycles. The van der Waals surface area contributed by atoms with Crippen molar-refractivity contribution >= 4 is 28.1 Å². The maximum absolute atomic E-state index is 12.2. The highest BCUT2D eigenvalue weighted by Gasteiger charge is 2.16. The van der Waals surface area contributed by atoms with Crippen molar-refractivity contribution in [1.82, 2.24) is 4.31 Å². The summed E-state index contributed by atoms with van der Waals surface area (Å²) >= 11 is 0. The summed E-state index contributed by atoms with van der Waals surface area (Å²) in [6.07, 6.45) is 9.10. The smallest absolute Gasteiger partial charge is 0.305 e. The highest BCUT2D eigenvalue weighted by atomic mass is 32.2. The normalized spacial score (nSPS) is 11.8. The number of sulfonamides is 1. The Bertz CT molecular complexity index is 922. The van der Waals surface area contributed by atoms with Crippen LogP contribution >= 0.6 is 0 Å². The highest BCUT2D eigenvalue weighted by molar-refractivity contribution is 7.88. The molecule has 0 heterocycles. The van der Waals surface area contributed by atoms with Crippen molar-refractivity contribution in [2.24, 2.45) is 0 Å². The van der Waals surface area contributed by atoms with Crippen LogP contribution in [-0.2, 0) is 26.1 Å². The Labute approximate surface area is 186 Å². The molecule has 6 heteroatoms. The summed E-state index contributed by atoms with van der Waals surface area (Å²) in [4.78, 5) is 11.3. The Morgan fingerprint density at radius 1 is 0.903 bits per heavy atom. The lowest BCUT2D eigenvalue weighted by molar-refractivity contribution is -0.143. The zero-order valence-electron chi connectivity index (χ0n) is 18.5. The monoisotopic (exact) mass is 443 g/mol. The number of ether oxygens (including phenoxy) is 1. The van der Waals surface area contributed by atoms with Crippen LogP contribution in [0.5, 0.6) is 0 Å². The van der Waals surface area contributed by atoms with Crippen molar-refractivity contribution in [3.8, 4) is 0 Å². The summed E-state index contributed by atoms with van der Waals surface area (Å²) in [6, 6.07) is 18.0. The molecule has 2 aromatic rings. The predicted molar refractivity (Wildman–Crippen MR) is 127 cm³/mol. The van der Waals surface area contributed by atoms with E-state index >= 15 is 0 Å². The van der Waals surface area contributed by atoms with Crippen LogP contribution in [-0.4, -0.2) is 38.1 Å². The molecule has 0 atom stereocenters. The molecule has 0 amide bonds. The molecule has 0 aliphatic carbocycles. The fraction of sp³-hybridized carbons (Fsp3) is 0.400. The summed E-state index contributed by atoms with van der Waals surface area (Å²) in [6.45, 7) is 3.05. The van der Waals surface area contributed by atoms with E-state index in [0.717, 1.165) is 42.4 Å². The number of carbonyl (C=O) groups excluding carboxylic acids is 1. The Morgan fingerprint density at radius 2 is 1.52 bits per heavy atom. The van der Waals surface area contributed by atoms with Gasteiger partial charge in [-0.2, -0.15) is 4.31 Å². The summed E-state index contributed by atoms with van der Waals surface area (Å²) < 4.78 is 30.8. The molecule has 0 spiro atoms. The van der Waals surface area contributed by atoms with Gasteiger partial charge in [0.25, 0.3) is 0 Å². The Kier molecular flexibility index (Phi) is 10.5. The summed E-state index contributed by atoms with van der Waals surface area (Å²) in [5.74, 6) is -0.165. The molecule has 0 unspecified atom stereocenters. The first kappa shape index (κ1) is 24.8. The molecule has 31 heavy (non-hydrogen) atoms. The van der Waals surface area contributed by atoms with Crippen LogP contribution in [0.4, 0.5) is 0 Å². The molecule has 0 aliphatic heterocycles. The van der Waals surface area contributed by atoms with Gasteiger partial charge in [-0.1, -0.05) is 79.6 Å². The lowest BCUT2D eigenvalue weighted by Crippen LogP contribution is -2.30. The molecule has 0 bridgehead atoms. The SMILES string of the molecule is CCOC(=O)CCCCCCN(Cc1ccc(/C=C/c2ccccc2)cc1)S(C)(=O)=O. The lowest BCUT2D eigenvalue weighted by Gasteiger charge is -2.20. The van der Waals surface area contributed by atoms with Crippen molar-refractivity contribution in [3.05, 3.63) is 71.3 Å². The molecular formula is C25H33NO4S. The fourth-order valence-corrected chi connectivity index (χ4v) is 4.05. The van der Waals surface area contributed by atoms with Crippen LogP contribution in [0.15, 0.2) is 54.6 Å². The zero-order valence-corrected chi connectivity index (χ0v) is 19.3. The van der Waals surface area contributed by atoms with Gasteiger partial charge < -0.3 is 4.74 Å². The average Bonchev–Trinajstić information content (AvgIpc) is 2.75. The molecule has 168 valence electrons. The molecule has 0 saturated heterocycles. The fourth-order valence-electron chi connectivity index (χ4n) is 3.20. The number of esters is 1. The molecule has 2 aromatic carbocycles. The third-order valence-corrected chi connectivity index (χ3v) is 6.17. The summed E-state index contributed by atoms with van der Waals surface area (Å²) in [7, 11) is -3.29. The van der Waals surface area contributed by atoms with E-state index in [1.54, 1.807) is 6.92 Å². The molecule has 0 aliphatic rings. The van der Waals surface area contributed by atoms with Gasteiger partial charge in [0.1, 0.15) is 0 Å². The second kappa shape index (κ2) is 13.1. The van der Waals surface area contributed by atoms with Crippen LogP contribution in [0.3, 0.4) is 0 Å². The maximum atomic E-state index is 12.2. The number of carbonyl (C=O) groups is 1. The first-order valence-corrected chi connectivity index (χ1v) is 12.7. The van der Waals surface area contributed by atoms with Crippen molar-refractivity contribution in [2.45, 2.75) is 45.6 Å². The van der Waals surface area contributed by atoms with Crippen LogP contribution in [0.1, 0.15) is 55.7 Å². The minimum atomic E-state index is -3.29. The van der Waals surface area contributed by atoms with Crippen molar-refractivity contribution < 1.29 is 17.9 Å².